The zero-order chi connectivity index (χ0) is 19.5. The normalized spacial score (nSPS) is 11.9. The Morgan fingerprint density at radius 2 is 1.38 bits per heavy atom. The van der Waals surface area contributed by atoms with Crippen molar-refractivity contribution in [2.75, 3.05) is 0 Å². The Labute approximate surface area is 165 Å². The van der Waals surface area contributed by atoms with Gasteiger partial charge in [-0.2, -0.15) is 0 Å². The molecule has 0 aliphatic carbocycles. The van der Waals surface area contributed by atoms with E-state index >= 15 is 0 Å². The summed E-state index contributed by atoms with van der Waals surface area (Å²) >= 11 is 0. The minimum atomic E-state index is 0.550. The molecule has 140 valence electrons. The molecule has 6 nitrogen and oxygen atoms in total. The van der Waals surface area contributed by atoms with E-state index in [1.165, 1.54) is 0 Å². The largest absolute Gasteiger partial charge is 0.463 e. The fourth-order valence-electron chi connectivity index (χ4n) is 2.82. The molecule has 29 heavy (non-hydrogen) atoms. The maximum absolute atomic E-state index is 5.88. The van der Waals surface area contributed by atoms with Crippen molar-refractivity contribution in [2.45, 2.75) is 0 Å². The first-order valence-electron chi connectivity index (χ1n) is 9.00. The van der Waals surface area contributed by atoms with Crippen LogP contribution in [0.5, 0.6) is 0 Å². The van der Waals surface area contributed by atoms with E-state index in [2.05, 4.69) is 15.0 Å². The summed E-state index contributed by atoms with van der Waals surface area (Å²) in [7, 11) is 0. The molecule has 0 amide bonds. The third-order valence-electron chi connectivity index (χ3n) is 4.25. The van der Waals surface area contributed by atoms with Gasteiger partial charge in [-0.25, -0.2) is 4.98 Å². The van der Waals surface area contributed by atoms with Gasteiger partial charge in [-0.1, -0.05) is 0 Å². The third-order valence-corrected chi connectivity index (χ3v) is 4.25. The molecular weight excluding hydrogens is 366 g/mol. The van der Waals surface area contributed by atoms with E-state index in [1.54, 1.807) is 25.0 Å². The number of rotatable bonds is 5. The average Bonchev–Trinajstić information content (AvgIpc) is 3.52. The van der Waals surface area contributed by atoms with Crippen molar-refractivity contribution >= 4 is 34.9 Å². The van der Waals surface area contributed by atoms with Crippen molar-refractivity contribution in [3.8, 4) is 11.5 Å². The van der Waals surface area contributed by atoms with Crippen molar-refractivity contribution in [3.63, 3.8) is 0 Å². The van der Waals surface area contributed by atoms with Crippen LogP contribution in [-0.4, -0.2) is 17.4 Å². The number of hydrogen-bond acceptors (Lipinski definition) is 6. The highest BCUT2D eigenvalue weighted by Gasteiger charge is 2.09. The summed E-state index contributed by atoms with van der Waals surface area (Å²) < 4.78 is 16.4. The van der Waals surface area contributed by atoms with Gasteiger partial charge in [0.25, 0.3) is 0 Å². The van der Waals surface area contributed by atoms with Gasteiger partial charge in [0.15, 0.2) is 5.58 Å². The van der Waals surface area contributed by atoms with E-state index in [0.29, 0.717) is 23.0 Å². The van der Waals surface area contributed by atoms with Gasteiger partial charge in [-0.3, -0.25) is 9.98 Å². The van der Waals surface area contributed by atoms with Gasteiger partial charge in [-0.15, -0.1) is 0 Å². The summed E-state index contributed by atoms with van der Waals surface area (Å²) in [5, 5.41) is 0. The molecule has 6 heteroatoms. The van der Waals surface area contributed by atoms with E-state index in [1.807, 2.05) is 66.7 Å². The van der Waals surface area contributed by atoms with Crippen LogP contribution in [-0.2, 0) is 0 Å². The van der Waals surface area contributed by atoms with Crippen LogP contribution < -0.4 is 0 Å². The SMILES string of the molecule is C(=Nc1ccc(-c2nc3cc(N=Cc4ccco4)ccc3o2)cc1)c1ccco1. The van der Waals surface area contributed by atoms with E-state index in [9.17, 15) is 0 Å². The summed E-state index contributed by atoms with van der Waals surface area (Å²) in [6, 6.07) is 20.6. The number of aliphatic imine (C=N–C) groups is 2. The Bertz CT molecular complexity index is 1280. The fourth-order valence-corrected chi connectivity index (χ4v) is 2.82. The van der Waals surface area contributed by atoms with Crippen molar-refractivity contribution in [1.29, 1.82) is 0 Å². The molecule has 3 heterocycles. The molecule has 2 aromatic carbocycles. The minimum absolute atomic E-state index is 0.550. The minimum Gasteiger partial charge on any atom is -0.463 e. The van der Waals surface area contributed by atoms with Crippen molar-refractivity contribution < 1.29 is 13.3 Å². The zero-order valence-corrected chi connectivity index (χ0v) is 15.2. The second-order valence-electron chi connectivity index (χ2n) is 6.27. The number of oxazole rings is 1. The van der Waals surface area contributed by atoms with Crippen LogP contribution in [0, 0.1) is 0 Å². The average molecular weight is 381 g/mol. The third kappa shape index (κ3) is 3.77. The van der Waals surface area contributed by atoms with Crippen LogP contribution in [0.4, 0.5) is 11.4 Å². The molecule has 0 saturated carbocycles. The van der Waals surface area contributed by atoms with E-state index in [-0.39, 0.29) is 0 Å². The quantitative estimate of drug-likeness (QED) is 0.341. The Kier molecular flexibility index (Phi) is 4.35. The second kappa shape index (κ2) is 7.44. The number of hydrogen-bond donors (Lipinski definition) is 0. The topological polar surface area (TPSA) is 77.0 Å². The van der Waals surface area contributed by atoms with Crippen LogP contribution in [0.3, 0.4) is 0 Å². The number of nitrogens with zero attached hydrogens (tertiary/aromatic N) is 3. The lowest BCUT2D eigenvalue weighted by Gasteiger charge is -1.96. The molecule has 0 saturated heterocycles. The first-order chi connectivity index (χ1) is 14.3. The standard InChI is InChI=1S/C23H15N3O3/c1-3-19(27-11-1)14-24-17-7-5-16(6-8-17)23-26-21-13-18(9-10-22(21)29-23)25-15-20-4-2-12-28-20/h1-15H. The summed E-state index contributed by atoms with van der Waals surface area (Å²) in [5.41, 5.74) is 3.91. The maximum Gasteiger partial charge on any atom is 0.227 e. The van der Waals surface area contributed by atoms with Crippen LogP contribution in [0.1, 0.15) is 11.5 Å². The highest BCUT2D eigenvalue weighted by molar-refractivity contribution is 5.83. The molecule has 0 unspecified atom stereocenters. The summed E-state index contributed by atoms with van der Waals surface area (Å²) in [6.45, 7) is 0. The van der Waals surface area contributed by atoms with Crippen LogP contribution in [0.25, 0.3) is 22.6 Å². The van der Waals surface area contributed by atoms with Gasteiger partial charge < -0.3 is 13.3 Å². The zero-order valence-electron chi connectivity index (χ0n) is 15.2. The van der Waals surface area contributed by atoms with Crippen LogP contribution >= 0.6 is 0 Å². The lowest BCUT2D eigenvalue weighted by molar-refractivity contribution is 0.560. The van der Waals surface area contributed by atoms with Gasteiger partial charge >= 0.3 is 0 Å². The van der Waals surface area contributed by atoms with Crippen LogP contribution in [0.15, 0.2) is 102 Å². The van der Waals surface area contributed by atoms with Gasteiger partial charge in [-0.05, 0) is 66.7 Å². The second-order valence-corrected chi connectivity index (χ2v) is 6.27. The fraction of sp³-hybridized carbons (Fsp3) is 0. The van der Waals surface area contributed by atoms with Crippen molar-refractivity contribution in [3.05, 3.63) is 90.8 Å². The molecule has 5 aromatic rings. The molecule has 0 N–H and O–H groups in total. The van der Waals surface area contributed by atoms with E-state index in [4.69, 9.17) is 13.3 Å². The predicted octanol–water partition coefficient (Wildman–Crippen LogP) is 6.18. The van der Waals surface area contributed by atoms with Gasteiger partial charge in [0.2, 0.25) is 5.89 Å². The molecular formula is C23H15N3O3. The molecule has 0 fully saturated rings. The molecule has 0 spiro atoms. The number of furan rings is 2. The first kappa shape index (κ1) is 16.9. The molecule has 0 bridgehead atoms. The lowest BCUT2D eigenvalue weighted by Crippen LogP contribution is -1.77. The number of fused-ring (bicyclic) bond motifs is 1. The Morgan fingerprint density at radius 1 is 0.724 bits per heavy atom. The van der Waals surface area contributed by atoms with Gasteiger partial charge in [0.1, 0.15) is 17.0 Å². The molecule has 0 aliphatic heterocycles. The summed E-state index contributed by atoms with van der Waals surface area (Å²) in [5.74, 6) is 1.95. The molecule has 0 aliphatic rings. The lowest BCUT2D eigenvalue weighted by atomic mass is 10.2. The maximum atomic E-state index is 5.88. The molecule has 0 radical (unpaired) electrons. The highest BCUT2D eigenvalue weighted by atomic mass is 16.3. The molecule has 5 rings (SSSR count). The van der Waals surface area contributed by atoms with Gasteiger partial charge in [0.05, 0.1) is 36.3 Å². The number of benzene rings is 2. The highest BCUT2D eigenvalue weighted by Crippen LogP contribution is 2.28. The molecule has 3 aromatic heterocycles. The molecule has 0 atom stereocenters. The Hall–Kier alpha value is -4.19. The Balaban J connectivity index is 1.37. The Morgan fingerprint density at radius 3 is 2.03 bits per heavy atom. The van der Waals surface area contributed by atoms with E-state index in [0.717, 1.165) is 22.5 Å². The summed E-state index contributed by atoms with van der Waals surface area (Å²) in [6.07, 6.45) is 6.58. The smallest absolute Gasteiger partial charge is 0.227 e. The monoisotopic (exact) mass is 381 g/mol. The first-order valence-corrected chi connectivity index (χ1v) is 9.00. The predicted molar refractivity (Wildman–Crippen MR) is 111 cm³/mol. The van der Waals surface area contributed by atoms with Crippen molar-refractivity contribution in [2.24, 2.45) is 9.98 Å². The van der Waals surface area contributed by atoms with Gasteiger partial charge in [0, 0.05) is 5.56 Å². The van der Waals surface area contributed by atoms with Crippen LogP contribution in [0.2, 0.25) is 0 Å². The summed E-state index contributed by atoms with van der Waals surface area (Å²) in [4.78, 5) is 13.4. The van der Waals surface area contributed by atoms with E-state index < -0.39 is 0 Å². The van der Waals surface area contributed by atoms with Crippen molar-refractivity contribution in [1.82, 2.24) is 4.98 Å². The number of aromatic nitrogens is 1.